The molecule has 0 radical (unpaired) electrons. The van der Waals surface area contributed by atoms with Crippen LogP contribution in [0.5, 0.6) is 0 Å². The van der Waals surface area contributed by atoms with E-state index in [1.807, 2.05) is 36.0 Å². The fourth-order valence-electron chi connectivity index (χ4n) is 1.72. The van der Waals surface area contributed by atoms with Gasteiger partial charge in [-0.05, 0) is 18.2 Å². The summed E-state index contributed by atoms with van der Waals surface area (Å²) >= 11 is 6.14. The van der Waals surface area contributed by atoms with Gasteiger partial charge in [0, 0.05) is 31.2 Å². The molecule has 0 spiro atoms. The molecule has 3 heterocycles. The summed E-state index contributed by atoms with van der Waals surface area (Å²) in [6, 6.07) is 5.67. The van der Waals surface area contributed by atoms with Crippen LogP contribution in [0, 0.1) is 0 Å². The van der Waals surface area contributed by atoms with Gasteiger partial charge in [0.15, 0.2) is 5.82 Å². The van der Waals surface area contributed by atoms with Crippen molar-refractivity contribution in [2.75, 3.05) is 0 Å². The molecule has 0 fully saturated rings. The SMILES string of the molecule is Cn1ccc2c(Cl)nc(-c3cccnc3)nc21. The summed E-state index contributed by atoms with van der Waals surface area (Å²) < 4.78 is 1.92. The van der Waals surface area contributed by atoms with Crippen LogP contribution in [0.4, 0.5) is 0 Å². The summed E-state index contributed by atoms with van der Waals surface area (Å²) in [7, 11) is 1.93. The Bertz CT molecular complexity index is 676. The lowest BCUT2D eigenvalue weighted by molar-refractivity contribution is 0.945. The van der Waals surface area contributed by atoms with Gasteiger partial charge < -0.3 is 4.57 Å². The van der Waals surface area contributed by atoms with Crippen LogP contribution in [0.3, 0.4) is 0 Å². The second-order valence-electron chi connectivity index (χ2n) is 3.74. The first-order valence-electron chi connectivity index (χ1n) is 5.14. The Hall–Kier alpha value is -1.94. The highest BCUT2D eigenvalue weighted by Gasteiger charge is 2.09. The highest BCUT2D eigenvalue weighted by Crippen LogP contribution is 2.24. The number of nitrogens with zero attached hydrogens (tertiary/aromatic N) is 4. The third kappa shape index (κ3) is 1.66. The van der Waals surface area contributed by atoms with Crippen molar-refractivity contribution in [1.82, 2.24) is 19.5 Å². The van der Waals surface area contributed by atoms with Crippen molar-refractivity contribution in [1.29, 1.82) is 0 Å². The maximum Gasteiger partial charge on any atom is 0.164 e. The minimum Gasteiger partial charge on any atom is -0.335 e. The lowest BCUT2D eigenvalue weighted by atomic mass is 10.2. The highest BCUT2D eigenvalue weighted by atomic mass is 35.5. The molecule has 5 heteroatoms. The summed E-state index contributed by atoms with van der Waals surface area (Å²) in [6.45, 7) is 0. The van der Waals surface area contributed by atoms with E-state index in [0.29, 0.717) is 11.0 Å². The van der Waals surface area contributed by atoms with Gasteiger partial charge in [-0.3, -0.25) is 4.98 Å². The summed E-state index contributed by atoms with van der Waals surface area (Å²) in [4.78, 5) is 12.8. The zero-order valence-electron chi connectivity index (χ0n) is 9.13. The van der Waals surface area contributed by atoms with E-state index >= 15 is 0 Å². The zero-order valence-corrected chi connectivity index (χ0v) is 9.89. The molecule has 4 nitrogen and oxygen atoms in total. The Morgan fingerprint density at radius 3 is 2.88 bits per heavy atom. The van der Waals surface area contributed by atoms with Crippen LogP contribution in [-0.4, -0.2) is 19.5 Å². The molecule has 0 atom stereocenters. The van der Waals surface area contributed by atoms with Crippen molar-refractivity contribution < 1.29 is 0 Å². The third-order valence-corrected chi connectivity index (χ3v) is 2.89. The van der Waals surface area contributed by atoms with Crippen LogP contribution >= 0.6 is 11.6 Å². The standard InChI is InChI=1S/C12H9ClN4/c1-17-6-4-9-10(13)15-11(16-12(9)17)8-3-2-5-14-7-8/h2-7H,1H3. The van der Waals surface area contributed by atoms with Crippen LogP contribution < -0.4 is 0 Å². The number of aryl methyl sites for hydroxylation is 1. The predicted octanol–water partition coefficient (Wildman–Crippen LogP) is 2.68. The molecule has 0 aromatic carbocycles. The van der Waals surface area contributed by atoms with E-state index in [9.17, 15) is 0 Å². The smallest absolute Gasteiger partial charge is 0.164 e. The maximum absolute atomic E-state index is 6.14. The normalized spacial score (nSPS) is 10.9. The van der Waals surface area contributed by atoms with Gasteiger partial charge in [-0.15, -0.1) is 0 Å². The van der Waals surface area contributed by atoms with Gasteiger partial charge in [0.1, 0.15) is 10.8 Å². The van der Waals surface area contributed by atoms with Crippen LogP contribution in [0.25, 0.3) is 22.4 Å². The van der Waals surface area contributed by atoms with Crippen molar-refractivity contribution in [2.24, 2.45) is 7.05 Å². The van der Waals surface area contributed by atoms with Gasteiger partial charge in [0.25, 0.3) is 0 Å². The molecule has 0 unspecified atom stereocenters. The average Bonchev–Trinajstić information content (AvgIpc) is 2.73. The van der Waals surface area contributed by atoms with Gasteiger partial charge in [-0.1, -0.05) is 11.6 Å². The Balaban J connectivity index is 2.28. The molecule has 0 aliphatic heterocycles. The lowest BCUT2D eigenvalue weighted by Crippen LogP contribution is -1.94. The van der Waals surface area contributed by atoms with E-state index in [4.69, 9.17) is 11.6 Å². The second kappa shape index (κ2) is 3.82. The molecule has 0 saturated heterocycles. The molecule has 17 heavy (non-hydrogen) atoms. The summed E-state index contributed by atoms with van der Waals surface area (Å²) in [5, 5.41) is 1.33. The molecular formula is C12H9ClN4. The lowest BCUT2D eigenvalue weighted by Gasteiger charge is -2.02. The molecular weight excluding hydrogens is 236 g/mol. The molecule has 3 rings (SSSR count). The van der Waals surface area contributed by atoms with Crippen molar-refractivity contribution in [3.05, 3.63) is 41.9 Å². The molecule has 0 aliphatic rings. The number of pyridine rings is 1. The topological polar surface area (TPSA) is 43.6 Å². The maximum atomic E-state index is 6.14. The quantitative estimate of drug-likeness (QED) is 0.618. The van der Waals surface area contributed by atoms with Crippen molar-refractivity contribution in [3.8, 4) is 11.4 Å². The van der Waals surface area contributed by atoms with E-state index in [1.165, 1.54) is 0 Å². The number of fused-ring (bicyclic) bond motifs is 1. The number of hydrogen-bond donors (Lipinski definition) is 0. The van der Waals surface area contributed by atoms with E-state index in [-0.39, 0.29) is 0 Å². The zero-order chi connectivity index (χ0) is 11.8. The fraction of sp³-hybridized carbons (Fsp3) is 0.0833. The predicted molar refractivity (Wildman–Crippen MR) is 66.8 cm³/mol. The Kier molecular flexibility index (Phi) is 2.30. The molecule has 0 saturated carbocycles. The minimum atomic E-state index is 0.467. The van der Waals surface area contributed by atoms with Crippen LogP contribution in [-0.2, 0) is 7.05 Å². The van der Waals surface area contributed by atoms with Crippen LogP contribution in [0.15, 0.2) is 36.8 Å². The van der Waals surface area contributed by atoms with E-state index < -0.39 is 0 Å². The van der Waals surface area contributed by atoms with Crippen LogP contribution in [0.1, 0.15) is 0 Å². The Labute approximate surface area is 103 Å². The Morgan fingerprint density at radius 2 is 2.12 bits per heavy atom. The first kappa shape index (κ1) is 10.2. The minimum absolute atomic E-state index is 0.467. The summed E-state index contributed by atoms with van der Waals surface area (Å²) in [5.41, 5.74) is 1.68. The molecule has 0 amide bonds. The van der Waals surface area contributed by atoms with E-state index in [2.05, 4.69) is 15.0 Å². The van der Waals surface area contributed by atoms with E-state index in [1.54, 1.807) is 12.4 Å². The fourth-order valence-corrected chi connectivity index (χ4v) is 1.95. The molecule has 0 N–H and O–H groups in total. The summed E-state index contributed by atoms with van der Waals surface area (Å²) in [5.74, 6) is 0.595. The van der Waals surface area contributed by atoms with E-state index in [0.717, 1.165) is 16.6 Å². The van der Waals surface area contributed by atoms with Gasteiger partial charge in [-0.25, -0.2) is 9.97 Å². The monoisotopic (exact) mass is 244 g/mol. The number of halogens is 1. The molecule has 84 valence electrons. The first-order chi connectivity index (χ1) is 8.25. The third-order valence-electron chi connectivity index (χ3n) is 2.60. The van der Waals surface area contributed by atoms with Gasteiger partial charge in [0.2, 0.25) is 0 Å². The molecule has 0 bridgehead atoms. The number of rotatable bonds is 1. The molecule has 3 aromatic heterocycles. The first-order valence-corrected chi connectivity index (χ1v) is 5.52. The highest BCUT2D eigenvalue weighted by molar-refractivity contribution is 6.34. The van der Waals surface area contributed by atoms with Crippen molar-refractivity contribution >= 4 is 22.6 Å². The van der Waals surface area contributed by atoms with Gasteiger partial charge in [-0.2, -0.15) is 0 Å². The second-order valence-corrected chi connectivity index (χ2v) is 4.10. The largest absolute Gasteiger partial charge is 0.335 e. The molecule has 3 aromatic rings. The van der Waals surface area contributed by atoms with Crippen molar-refractivity contribution in [2.45, 2.75) is 0 Å². The van der Waals surface area contributed by atoms with Gasteiger partial charge in [0.05, 0.1) is 5.39 Å². The summed E-state index contributed by atoms with van der Waals surface area (Å²) in [6.07, 6.45) is 5.35. The number of hydrogen-bond acceptors (Lipinski definition) is 3. The Morgan fingerprint density at radius 1 is 1.24 bits per heavy atom. The average molecular weight is 245 g/mol. The number of aromatic nitrogens is 4. The van der Waals surface area contributed by atoms with Crippen LogP contribution in [0.2, 0.25) is 5.15 Å². The molecule has 0 aliphatic carbocycles. The van der Waals surface area contributed by atoms with Gasteiger partial charge >= 0.3 is 0 Å². The van der Waals surface area contributed by atoms with Crippen molar-refractivity contribution in [3.63, 3.8) is 0 Å².